The Hall–Kier alpha value is -2.88. The summed E-state index contributed by atoms with van der Waals surface area (Å²) < 4.78 is 58.7. The number of benzene rings is 1. The minimum Gasteiger partial charge on any atom is -0.452 e. The standard InChI is InChI=1S/C19H17ClF4N4O2/c1-9-5-10(20)8-26-15(9)16(29)27-11-3-4-13(21)12(6-11)18(2)7-14(19(22,23)24)30-17(25)28-18/h3-6,8,14H,7H2,1-2H3,(H2,25,28)(H,27,29). The number of aryl methyl sites for hydroxylation is 1. The summed E-state index contributed by atoms with van der Waals surface area (Å²) in [6.07, 6.45) is -6.32. The Kier molecular flexibility index (Phi) is 5.64. The molecule has 2 atom stereocenters. The molecule has 11 heteroatoms. The molecule has 0 bridgehead atoms. The van der Waals surface area contributed by atoms with Gasteiger partial charge < -0.3 is 15.8 Å². The van der Waals surface area contributed by atoms with Gasteiger partial charge in [0.2, 0.25) is 0 Å². The summed E-state index contributed by atoms with van der Waals surface area (Å²) in [6.45, 7) is 2.96. The number of alkyl halides is 3. The van der Waals surface area contributed by atoms with Crippen molar-refractivity contribution in [3.63, 3.8) is 0 Å². The molecule has 1 amide bonds. The molecule has 2 unspecified atom stereocenters. The lowest BCUT2D eigenvalue weighted by molar-refractivity contribution is -0.208. The number of carbonyl (C=O) groups excluding carboxylic acids is 1. The maximum absolute atomic E-state index is 14.5. The molecule has 2 heterocycles. The first-order valence-electron chi connectivity index (χ1n) is 8.71. The number of nitrogens with two attached hydrogens (primary N) is 1. The number of anilines is 1. The minimum absolute atomic E-state index is 0.0990. The van der Waals surface area contributed by atoms with E-state index in [9.17, 15) is 22.4 Å². The van der Waals surface area contributed by atoms with Gasteiger partial charge in [0.1, 0.15) is 11.5 Å². The van der Waals surface area contributed by atoms with Crippen LogP contribution in [0.3, 0.4) is 0 Å². The van der Waals surface area contributed by atoms with E-state index in [1.165, 1.54) is 25.3 Å². The van der Waals surface area contributed by atoms with Crippen molar-refractivity contribution in [3.8, 4) is 0 Å². The van der Waals surface area contributed by atoms with Crippen LogP contribution in [0, 0.1) is 12.7 Å². The largest absolute Gasteiger partial charge is 0.452 e. The molecule has 1 aliphatic rings. The summed E-state index contributed by atoms with van der Waals surface area (Å²) in [5.74, 6) is -1.38. The summed E-state index contributed by atoms with van der Waals surface area (Å²) in [6, 6.07) is 4.38. The third-order valence-electron chi connectivity index (χ3n) is 4.63. The number of hydrogen-bond donors (Lipinski definition) is 2. The van der Waals surface area contributed by atoms with Crippen LogP contribution in [-0.4, -0.2) is 29.2 Å². The van der Waals surface area contributed by atoms with Crippen molar-refractivity contribution in [1.82, 2.24) is 4.98 Å². The molecule has 1 aromatic carbocycles. The molecule has 0 aliphatic carbocycles. The quantitative estimate of drug-likeness (QED) is 0.690. The van der Waals surface area contributed by atoms with E-state index in [1.54, 1.807) is 13.0 Å². The lowest BCUT2D eigenvalue weighted by Gasteiger charge is -2.36. The van der Waals surface area contributed by atoms with Gasteiger partial charge in [0.15, 0.2) is 6.10 Å². The number of aliphatic imine (C=N–C) groups is 1. The number of halogens is 5. The normalized spacial score (nSPS) is 21.6. The Morgan fingerprint density at radius 3 is 2.70 bits per heavy atom. The number of nitrogens with one attached hydrogen (secondary N) is 1. The summed E-state index contributed by atoms with van der Waals surface area (Å²) in [7, 11) is 0. The molecule has 1 aliphatic heterocycles. The minimum atomic E-state index is -4.71. The zero-order valence-electron chi connectivity index (χ0n) is 15.8. The van der Waals surface area contributed by atoms with E-state index in [-0.39, 0.29) is 16.9 Å². The van der Waals surface area contributed by atoms with Crippen LogP contribution in [0.1, 0.15) is 35.0 Å². The predicted molar refractivity (Wildman–Crippen MR) is 103 cm³/mol. The molecular formula is C19H17ClF4N4O2. The zero-order valence-corrected chi connectivity index (χ0v) is 16.6. The van der Waals surface area contributed by atoms with Gasteiger partial charge in [0, 0.05) is 23.9 Å². The Bertz CT molecular complexity index is 1030. The fourth-order valence-electron chi connectivity index (χ4n) is 3.20. The number of carbonyl (C=O) groups is 1. The Morgan fingerprint density at radius 2 is 2.07 bits per heavy atom. The van der Waals surface area contributed by atoms with E-state index in [2.05, 4.69) is 20.0 Å². The van der Waals surface area contributed by atoms with Crippen LogP contribution >= 0.6 is 11.6 Å². The lowest BCUT2D eigenvalue weighted by Crippen LogP contribution is -2.46. The molecule has 2 aromatic rings. The fourth-order valence-corrected chi connectivity index (χ4v) is 3.41. The predicted octanol–water partition coefficient (Wildman–Crippen LogP) is 4.32. The lowest BCUT2D eigenvalue weighted by atomic mass is 9.85. The second kappa shape index (κ2) is 7.75. The first-order chi connectivity index (χ1) is 13.9. The van der Waals surface area contributed by atoms with Gasteiger partial charge in [-0.25, -0.2) is 14.4 Å². The topological polar surface area (TPSA) is 89.6 Å². The van der Waals surface area contributed by atoms with Crippen LogP contribution < -0.4 is 11.1 Å². The first kappa shape index (κ1) is 21.8. The third kappa shape index (κ3) is 4.48. The van der Waals surface area contributed by atoms with Gasteiger partial charge >= 0.3 is 6.18 Å². The molecule has 160 valence electrons. The molecule has 3 N–H and O–H groups in total. The number of nitrogens with zero attached hydrogens (tertiary/aromatic N) is 2. The van der Waals surface area contributed by atoms with Crippen molar-refractivity contribution in [2.75, 3.05) is 5.32 Å². The van der Waals surface area contributed by atoms with Crippen molar-refractivity contribution in [2.24, 2.45) is 10.7 Å². The highest BCUT2D eigenvalue weighted by Crippen LogP contribution is 2.41. The van der Waals surface area contributed by atoms with E-state index in [0.717, 1.165) is 6.07 Å². The second-order valence-electron chi connectivity index (χ2n) is 7.04. The number of hydrogen-bond acceptors (Lipinski definition) is 5. The van der Waals surface area contributed by atoms with Crippen molar-refractivity contribution < 1.29 is 27.1 Å². The monoisotopic (exact) mass is 444 g/mol. The van der Waals surface area contributed by atoms with Gasteiger partial charge in [-0.2, -0.15) is 13.2 Å². The van der Waals surface area contributed by atoms with Crippen LogP contribution in [0.5, 0.6) is 0 Å². The summed E-state index contributed by atoms with van der Waals surface area (Å²) in [5.41, 5.74) is 4.38. The average Bonchev–Trinajstić information content (AvgIpc) is 2.61. The van der Waals surface area contributed by atoms with Gasteiger partial charge in [0.25, 0.3) is 11.9 Å². The summed E-state index contributed by atoms with van der Waals surface area (Å²) in [5, 5.41) is 2.91. The Labute approximate surface area is 174 Å². The van der Waals surface area contributed by atoms with Crippen LogP contribution in [-0.2, 0) is 10.3 Å². The smallest absolute Gasteiger partial charge is 0.425 e. The molecule has 6 nitrogen and oxygen atoms in total. The molecule has 1 aromatic heterocycles. The fraction of sp³-hybridized carbons (Fsp3) is 0.316. The molecule has 0 fully saturated rings. The van der Waals surface area contributed by atoms with E-state index >= 15 is 0 Å². The van der Waals surface area contributed by atoms with Crippen LogP contribution in [0.2, 0.25) is 5.02 Å². The SMILES string of the molecule is Cc1cc(Cl)cnc1C(=O)Nc1ccc(F)c(C2(C)CC(C(F)(F)F)OC(N)=N2)c1. The van der Waals surface area contributed by atoms with Gasteiger partial charge in [-0.3, -0.25) is 4.79 Å². The van der Waals surface area contributed by atoms with E-state index in [0.29, 0.717) is 10.6 Å². The van der Waals surface area contributed by atoms with Crippen LogP contribution in [0.4, 0.5) is 23.2 Å². The maximum atomic E-state index is 14.5. The summed E-state index contributed by atoms with van der Waals surface area (Å²) in [4.78, 5) is 20.4. The molecule has 30 heavy (non-hydrogen) atoms. The number of amides is 1. The highest BCUT2D eigenvalue weighted by atomic mass is 35.5. The first-order valence-corrected chi connectivity index (χ1v) is 9.09. The average molecular weight is 445 g/mol. The van der Waals surface area contributed by atoms with Crippen molar-refractivity contribution in [2.45, 2.75) is 38.1 Å². The van der Waals surface area contributed by atoms with Crippen molar-refractivity contribution >= 4 is 29.2 Å². The highest BCUT2D eigenvalue weighted by molar-refractivity contribution is 6.30. The number of pyridine rings is 1. The van der Waals surface area contributed by atoms with Crippen LogP contribution in [0.25, 0.3) is 0 Å². The third-order valence-corrected chi connectivity index (χ3v) is 4.84. The molecule has 3 rings (SSSR count). The number of rotatable bonds is 3. The Balaban J connectivity index is 1.93. The van der Waals surface area contributed by atoms with Gasteiger partial charge in [0.05, 0.1) is 10.6 Å². The van der Waals surface area contributed by atoms with E-state index in [1.807, 2.05) is 0 Å². The van der Waals surface area contributed by atoms with E-state index in [4.69, 9.17) is 17.3 Å². The highest BCUT2D eigenvalue weighted by Gasteiger charge is 2.50. The van der Waals surface area contributed by atoms with Gasteiger partial charge in [-0.1, -0.05) is 11.6 Å². The van der Waals surface area contributed by atoms with E-state index < -0.39 is 42.0 Å². The Morgan fingerprint density at radius 1 is 1.37 bits per heavy atom. The molecule has 0 radical (unpaired) electrons. The number of aromatic nitrogens is 1. The second-order valence-corrected chi connectivity index (χ2v) is 7.48. The van der Waals surface area contributed by atoms with Gasteiger partial charge in [-0.15, -0.1) is 0 Å². The number of ether oxygens (including phenoxy) is 1. The maximum Gasteiger partial charge on any atom is 0.425 e. The molecular weight excluding hydrogens is 428 g/mol. The number of amidine groups is 1. The summed E-state index contributed by atoms with van der Waals surface area (Å²) >= 11 is 5.83. The van der Waals surface area contributed by atoms with Crippen LogP contribution in [0.15, 0.2) is 35.5 Å². The van der Waals surface area contributed by atoms with Crippen molar-refractivity contribution in [3.05, 3.63) is 58.1 Å². The molecule has 0 saturated carbocycles. The zero-order chi connectivity index (χ0) is 22.3. The molecule has 0 saturated heterocycles. The van der Waals surface area contributed by atoms with Crippen molar-refractivity contribution in [1.29, 1.82) is 0 Å². The molecule has 0 spiro atoms. The van der Waals surface area contributed by atoms with Gasteiger partial charge in [-0.05, 0) is 43.7 Å².